The smallest absolute Gasteiger partial charge is 0.168 e. The Kier molecular flexibility index (Phi) is 34.3. The molecule has 0 aromatic heterocycles. The molecule has 0 spiro atoms. The highest BCUT2D eigenvalue weighted by atomic mass is 16.7. The van der Waals surface area contributed by atoms with Crippen molar-refractivity contribution in [2.75, 3.05) is 33.8 Å². The van der Waals surface area contributed by atoms with Gasteiger partial charge < -0.3 is 19.7 Å². The van der Waals surface area contributed by atoms with Crippen LogP contribution in [0.15, 0.2) is 65.5 Å². The summed E-state index contributed by atoms with van der Waals surface area (Å²) in [7, 11) is 4.10. The lowest BCUT2D eigenvalue weighted by Crippen LogP contribution is -2.32. The molecular formula is C48H87N3O2. The number of unbranched alkanes of at least 4 members (excludes halogenated alkanes) is 18. The SMILES string of the molecule is C=N/C(=C\NC)CCN(C)CC[C@H]1COC(CCCCCCCC/C=C\C/C=C\CCCCC)(CCCCCCCC/C=C\C/C=C\CCCCC)O1. The highest BCUT2D eigenvalue weighted by Crippen LogP contribution is 2.35. The van der Waals surface area contributed by atoms with Gasteiger partial charge in [0.15, 0.2) is 5.79 Å². The van der Waals surface area contributed by atoms with Crippen LogP contribution in [0.25, 0.3) is 0 Å². The minimum atomic E-state index is -0.372. The maximum Gasteiger partial charge on any atom is 0.168 e. The van der Waals surface area contributed by atoms with Gasteiger partial charge in [0.1, 0.15) is 0 Å². The Morgan fingerprint density at radius 2 is 1.11 bits per heavy atom. The minimum Gasteiger partial charge on any atom is -0.393 e. The predicted octanol–water partition coefficient (Wildman–Crippen LogP) is 14.0. The number of aliphatic imine (C=N–C) groups is 1. The van der Waals surface area contributed by atoms with Crippen LogP contribution >= 0.6 is 0 Å². The molecule has 0 amide bonds. The standard InChI is InChI=1S/C48H87N3O2/c1-6-8-10-12-14-16-18-20-22-24-26-28-30-32-34-36-40-48(52-45-47(53-48)39-43-51(5)42-38-46(50-4)44-49-3)41-37-35-33-31-29-27-25-23-21-19-17-15-13-11-9-7-2/h14-17,20-23,44,47,49H,4,6-13,18-19,24-43,45H2,1-3,5H3/b16-14-,17-15-,22-20-,23-21-,46-44-/t47-/m0/s1. The Hall–Kier alpha value is -1.95. The summed E-state index contributed by atoms with van der Waals surface area (Å²) in [5.74, 6) is -0.372. The van der Waals surface area contributed by atoms with Gasteiger partial charge in [0, 0.05) is 45.6 Å². The molecular weight excluding hydrogens is 651 g/mol. The Morgan fingerprint density at radius 3 is 1.57 bits per heavy atom. The van der Waals surface area contributed by atoms with Crippen molar-refractivity contribution >= 4 is 6.72 Å². The van der Waals surface area contributed by atoms with Gasteiger partial charge in [0.05, 0.1) is 18.4 Å². The first-order chi connectivity index (χ1) is 26.1. The third-order valence-corrected chi connectivity index (χ3v) is 10.5. The van der Waals surface area contributed by atoms with Crippen LogP contribution < -0.4 is 5.32 Å². The molecule has 1 saturated heterocycles. The van der Waals surface area contributed by atoms with Gasteiger partial charge in [-0.15, -0.1) is 0 Å². The van der Waals surface area contributed by atoms with E-state index in [1.54, 1.807) is 0 Å². The van der Waals surface area contributed by atoms with Crippen molar-refractivity contribution in [3.63, 3.8) is 0 Å². The van der Waals surface area contributed by atoms with E-state index in [-0.39, 0.29) is 11.9 Å². The lowest BCUT2D eigenvalue weighted by Gasteiger charge is -2.29. The fraction of sp³-hybridized carbons (Fsp3) is 0.771. The molecule has 0 saturated carbocycles. The first-order valence-electron chi connectivity index (χ1n) is 22.5. The Bertz CT molecular complexity index is 920. The minimum absolute atomic E-state index is 0.191. The zero-order chi connectivity index (χ0) is 38.3. The van der Waals surface area contributed by atoms with Crippen LogP contribution in [0.4, 0.5) is 0 Å². The number of nitrogens with zero attached hydrogens (tertiary/aromatic N) is 2. The van der Waals surface area contributed by atoms with Crippen molar-refractivity contribution < 1.29 is 9.47 Å². The van der Waals surface area contributed by atoms with E-state index in [4.69, 9.17) is 9.47 Å². The van der Waals surface area contributed by atoms with E-state index < -0.39 is 0 Å². The van der Waals surface area contributed by atoms with E-state index in [1.165, 1.54) is 141 Å². The largest absolute Gasteiger partial charge is 0.393 e. The second-order valence-electron chi connectivity index (χ2n) is 15.6. The Labute approximate surface area is 330 Å². The van der Waals surface area contributed by atoms with Crippen LogP contribution in [0.3, 0.4) is 0 Å². The molecule has 1 atom stereocenters. The van der Waals surface area contributed by atoms with Crippen LogP contribution in [-0.4, -0.2) is 57.3 Å². The molecule has 53 heavy (non-hydrogen) atoms. The molecule has 0 aliphatic carbocycles. The molecule has 0 bridgehead atoms. The predicted molar refractivity (Wildman–Crippen MR) is 235 cm³/mol. The molecule has 1 aliphatic heterocycles. The van der Waals surface area contributed by atoms with Crippen molar-refractivity contribution in [2.45, 2.75) is 206 Å². The van der Waals surface area contributed by atoms with Gasteiger partial charge in [-0.1, -0.05) is 140 Å². The molecule has 306 valence electrons. The summed E-state index contributed by atoms with van der Waals surface area (Å²) >= 11 is 0. The third-order valence-electron chi connectivity index (χ3n) is 10.5. The molecule has 1 N–H and O–H groups in total. The van der Waals surface area contributed by atoms with Crippen LogP contribution in [0.1, 0.15) is 194 Å². The van der Waals surface area contributed by atoms with Crippen molar-refractivity contribution in [1.82, 2.24) is 10.2 Å². The number of ether oxygens (including phenoxy) is 2. The van der Waals surface area contributed by atoms with Crippen molar-refractivity contribution in [1.29, 1.82) is 0 Å². The number of nitrogens with one attached hydrogen (secondary N) is 1. The van der Waals surface area contributed by atoms with Crippen LogP contribution in [0, 0.1) is 0 Å². The van der Waals surface area contributed by atoms with E-state index in [0.29, 0.717) is 0 Å². The molecule has 1 heterocycles. The fourth-order valence-corrected chi connectivity index (χ4v) is 7.06. The maximum atomic E-state index is 6.81. The summed E-state index contributed by atoms with van der Waals surface area (Å²) in [4.78, 5) is 6.51. The second-order valence-corrected chi connectivity index (χ2v) is 15.6. The van der Waals surface area contributed by atoms with Gasteiger partial charge in [-0.05, 0) is 97.2 Å². The summed E-state index contributed by atoms with van der Waals surface area (Å²) in [5.41, 5.74) is 1.00. The van der Waals surface area contributed by atoms with E-state index in [2.05, 4.69) is 91.4 Å². The molecule has 5 heteroatoms. The molecule has 1 aliphatic rings. The second kappa shape index (κ2) is 37.0. The monoisotopic (exact) mass is 738 g/mol. The molecule has 1 rings (SSSR count). The van der Waals surface area contributed by atoms with Crippen LogP contribution in [0.2, 0.25) is 0 Å². The van der Waals surface area contributed by atoms with Gasteiger partial charge >= 0.3 is 0 Å². The van der Waals surface area contributed by atoms with E-state index in [1.807, 2.05) is 13.2 Å². The third kappa shape index (κ3) is 30.0. The van der Waals surface area contributed by atoms with Crippen LogP contribution in [-0.2, 0) is 9.47 Å². The number of rotatable bonds is 38. The van der Waals surface area contributed by atoms with Gasteiger partial charge in [-0.3, -0.25) is 4.99 Å². The normalized spacial score (nSPS) is 16.5. The number of hydrogen-bond donors (Lipinski definition) is 1. The van der Waals surface area contributed by atoms with Crippen molar-refractivity contribution in [2.24, 2.45) is 4.99 Å². The molecule has 5 nitrogen and oxygen atoms in total. The average molecular weight is 738 g/mol. The van der Waals surface area contributed by atoms with Gasteiger partial charge in [0.2, 0.25) is 0 Å². The summed E-state index contributed by atoms with van der Waals surface area (Å²) < 4.78 is 13.4. The zero-order valence-electron chi connectivity index (χ0n) is 35.6. The molecule has 1 fully saturated rings. The lowest BCUT2D eigenvalue weighted by atomic mass is 9.98. The summed E-state index contributed by atoms with van der Waals surface area (Å²) in [6.45, 7) is 10.9. The van der Waals surface area contributed by atoms with E-state index >= 15 is 0 Å². The molecule has 0 unspecified atom stereocenters. The first-order valence-corrected chi connectivity index (χ1v) is 22.5. The van der Waals surface area contributed by atoms with Crippen molar-refractivity contribution in [3.05, 3.63) is 60.5 Å². The van der Waals surface area contributed by atoms with Crippen molar-refractivity contribution in [3.8, 4) is 0 Å². The molecule has 0 aromatic carbocycles. The molecule has 0 radical (unpaired) electrons. The fourth-order valence-electron chi connectivity index (χ4n) is 7.06. The summed E-state index contributed by atoms with van der Waals surface area (Å²) in [6, 6.07) is 0. The zero-order valence-corrected chi connectivity index (χ0v) is 35.6. The molecule has 0 aromatic rings. The van der Waals surface area contributed by atoms with Gasteiger partial charge in [-0.2, -0.15) is 0 Å². The van der Waals surface area contributed by atoms with Gasteiger partial charge in [-0.25, -0.2) is 0 Å². The highest BCUT2D eigenvalue weighted by Gasteiger charge is 2.40. The Balaban J connectivity index is 2.35. The van der Waals surface area contributed by atoms with E-state index in [9.17, 15) is 0 Å². The summed E-state index contributed by atoms with van der Waals surface area (Å²) in [6.07, 6.45) is 55.6. The van der Waals surface area contributed by atoms with E-state index in [0.717, 1.165) is 63.9 Å². The maximum absolute atomic E-state index is 6.81. The highest BCUT2D eigenvalue weighted by molar-refractivity contribution is 5.28. The number of hydrogen-bond acceptors (Lipinski definition) is 5. The number of allylic oxidation sites excluding steroid dienone is 8. The first kappa shape index (κ1) is 49.1. The van der Waals surface area contributed by atoms with Gasteiger partial charge in [0.25, 0.3) is 0 Å². The average Bonchev–Trinajstić information content (AvgIpc) is 3.58. The quantitative estimate of drug-likeness (QED) is 0.0389. The topological polar surface area (TPSA) is 46.1 Å². The summed E-state index contributed by atoms with van der Waals surface area (Å²) in [5, 5.41) is 3.07. The lowest BCUT2D eigenvalue weighted by molar-refractivity contribution is -0.180. The Morgan fingerprint density at radius 1 is 0.660 bits per heavy atom. The van der Waals surface area contributed by atoms with Crippen LogP contribution in [0.5, 0.6) is 0 Å².